The molecular formula is C28H44. The Bertz CT molecular complexity index is 614. The molecule has 156 valence electrons. The van der Waals surface area contributed by atoms with Gasteiger partial charge < -0.3 is 0 Å². The van der Waals surface area contributed by atoms with E-state index < -0.39 is 0 Å². The molecule has 0 radical (unpaired) electrons. The lowest BCUT2D eigenvalue weighted by molar-refractivity contribution is 0.0691. The van der Waals surface area contributed by atoms with Crippen LogP contribution < -0.4 is 0 Å². The van der Waals surface area contributed by atoms with Crippen molar-refractivity contribution in [2.45, 2.75) is 110 Å². The molecule has 3 aliphatic carbocycles. The molecule has 0 heterocycles. The van der Waals surface area contributed by atoms with Gasteiger partial charge in [0.15, 0.2) is 0 Å². The Balaban J connectivity index is 1.31. The highest BCUT2D eigenvalue weighted by molar-refractivity contribution is 5.34. The number of rotatable bonds is 7. The smallest absolute Gasteiger partial charge is 0.0245 e. The summed E-state index contributed by atoms with van der Waals surface area (Å²) in [6, 6.07) is 7.48. The highest BCUT2D eigenvalue weighted by Crippen LogP contribution is 2.49. The average Bonchev–Trinajstić information content (AvgIpc) is 2.75. The fourth-order valence-electron chi connectivity index (χ4n) is 6.98. The van der Waals surface area contributed by atoms with Gasteiger partial charge in [0, 0.05) is 0 Å². The maximum Gasteiger partial charge on any atom is -0.0245 e. The third-order valence-corrected chi connectivity index (χ3v) is 8.75. The number of benzene rings is 1. The Morgan fingerprint density at radius 3 is 2.32 bits per heavy atom. The van der Waals surface area contributed by atoms with Crippen molar-refractivity contribution < 1.29 is 0 Å². The molecule has 3 aliphatic rings. The number of aryl methyl sites for hydroxylation is 2. The molecule has 0 heteroatoms. The van der Waals surface area contributed by atoms with Gasteiger partial charge in [0.25, 0.3) is 0 Å². The second kappa shape index (κ2) is 9.82. The Kier molecular flexibility index (Phi) is 7.18. The maximum atomic E-state index is 2.55. The Morgan fingerprint density at radius 1 is 0.750 bits per heavy atom. The van der Waals surface area contributed by atoms with Gasteiger partial charge in [-0.05, 0) is 110 Å². The lowest BCUT2D eigenvalue weighted by atomic mass is 9.61. The Labute approximate surface area is 174 Å². The van der Waals surface area contributed by atoms with Crippen LogP contribution in [0.4, 0.5) is 0 Å². The summed E-state index contributed by atoms with van der Waals surface area (Å²) in [6.07, 6.45) is 21.8. The lowest BCUT2D eigenvalue weighted by Gasteiger charge is -2.45. The first kappa shape index (κ1) is 20.5. The quantitative estimate of drug-likeness (QED) is 0.447. The zero-order valence-corrected chi connectivity index (χ0v) is 18.7. The highest BCUT2D eigenvalue weighted by atomic mass is 14.4. The van der Waals surface area contributed by atoms with Crippen molar-refractivity contribution in [1.29, 1.82) is 0 Å². The van der Waals surface area contributed by atoms with Crippen LogP contribution in [0.15, 0.2) is 18.2 Å². The van der Waals surface area contributed by atoms with Gasteiger partial charge in [0.05, 0.1) is 0 Å². The van der Waals surface area contributed by atoms with E-state index in [1.165, 1.54) is 64.2 Å². The predicted molar refractivity (Wildman–Crippen MR) is 122 cm³/mol. The number of hydrogen-bond acceptors (Lipinski definition) is 0. The Hall–Kier alpha value is -0.780. The van der Waals surface area contributed by atoms with Crippen molar-refractivity contribution in [3.8, 4) is 0 Å². The first-order chi connectivity index (χ1) is 13.8. The summed E-state index contributed by atoms with van der Waals surface area (Å²) in [5.41, 5.74) is 4.97. The van der Waals surface area contributed by atoms with E-state index >= 15 is 0 Å². The van der Waals surface area contributed by atoms with Crippen LogP contribution in [-0.2, 0) is 19.3 Å². The molecule has 0 aromatic heterocycles. The van der Waals surface area contributed by atoms with Crippen LogP contribution in [0.2, 0.25) is 0 Å². The summed E-state index contributed by atoms with van der Waals surface area (Å²) in [6.45, 7) is 4.65. The number of fused-ring (bicyclic) bond motifs is 2. The first-order valence-corrected chi connectivity index (χ1v) is 12.9. The van der Waals surface area contributed by atoms with Crippen molar-refractivity contribution in [3.63, 3.8) is 0 Å². The van der Waals surface area contributed by atoms with Crippen LogP contribution in [0.1, 0.15) is 108 Å². The lowest BCUT2D eigenvalue weighted by Crippen LogP contribution is -2.35. The van der Waals surface area contributed by atoms with Gasteiger partial charge in [-0.25, -0.2) is 0 Å². The molecule has 0 nitrogen and oxygen atoms in total. The monoisotopic (exact) mass is 380 g/mol. The van der Waals surface area contributed by atoms with Crippen molar-refractivity contribution in [1.82, 2.24) is 0 Å². The predicted octanol–water partition coefficient (Wildman–Crippen LogP) is 8.16. The molecule has 0 aliphatic heterocycles. The van der Waals surface area contributed by atoms with Crippen molar-refractivity contribution in [2.24, 2.45) is 29.6 Å². The molecule has 0 amide bonds. The molecule has 0 bridgehead atoms. The number of hydrogen-bond donors (Lipinski definition) is 0. The standard InChI is InChI=1S/C28H44/c1-3-5-7-21-9-11-25-19-27(15-13-23(25)17-21)28-16-14-24-18-22(8-6-4-2)10-12-26(24)20-28/h9,11,17,22,24,26-28H,3-8,10,12-16,18-20H2,1-2H3. The molecule has 2 saturated carbocycles. The van der Waals surface area contributed by atoms with Crippen LogP contribution in [0.25, 0.3) is 0 Å². The van der Waals surface area contributed by atoms with Gasteiger partial charge in [-0.1, -0.05) is 64.2 Å². The van der Waals surface area contributed by atoms with Gasteiger partial charge in [-0.2, -0.15) is 0 Å². The molecular weight excluding hydrogens is 336 g/mol. The van der Waals surface area contributed by atoms with E-state index in [4.69, 9.17) is 0 Å². The third-order valence-electron chi connectivity index (χ3n) is 8.75. The van der Waals surface area contributed by atoms with Crippen molar-refractivity contribution in [3.05, 3.63) is 34.9 Å². The summed E-state index contributed by atoms with van der Waals surface area (Å²) < 4.78 is 0. The minimum atomic E-state index is 0.979. The average molecular weight is 381 g/mol. The summed E-state index contributed by atoms with van der Waals surface area (Å²) in [7, 11) is 0. The van der Waals surface area contributed by atoms with Gasteiger partial charge in [0.1, 0.15) is 0 Å². The number of unbranched alkanes of at least 4 members (excludes halogenated alkanes) is 2. The van der Waals surface area contributed by atoms with Crippen molar-refractivity contribution in [2.75, 3.05) is 0 Å². The van der Waals surface area contributed by atoms with Gasteiger partial charge >= 0.3 is 0 Å². The summed E-state index contributed by atoms with van der Waals surface area (Å²) in [5, 5.41) is 0. The molecule has 1 aromatic rings. The van der Waals surface area contributed by atoms with Crippen molar-refractivity contribution >= 4 is 0 Å². The van der Waals surface area contributed by atoms with E-state index in [1.807, 2.05) is 0 Å². The topological polar surface area (TPSA) is 0 Å². The summed E-state index contributed by atoms with van der Waals surface area (Å²) in [4.78, 5) is 0. The molecule has 0 saturated heterocycles. The fraction of sp³-hybridized carbons (Fsp3) is 0.786. The maximum absolute atomic E-state index is 2.55. The fourth-order valence-corrected chi connectivity index (χ4v) is 6.98. The van der Waals surface area contributed by atoms with Crippen LogP contribution in [0, 0.1) is 29.6 Å². The van der Waals surface area contributed by atoms with E-state index in [9.17, 15) is 0 Å². The summed E-state index contributed by atoms with van der Waals surface area (Å²) in [5.74, 6) is 5.24. The first-order valence-electron chi connectivity index (χ1n) is 12.9. The molecule has 2 fully saturated rings. The second-order valence-corrected chi connectivity index (χ2v) is 10.6. The normalized spacial score (nSPS) is 32.6. The van der Waals surface area contributed by atoms with E-state index in [1.54, 1.807) is 48.8 Å². The Morgan fingerprint density at radius 2 is 1.50 bits per heavy atom. The van der Waals surface area contributed by atoms with E-state index in [2.05, 4.69) is 32.0 Å². The molecule has 5 unspecified atom stereocenters. The molecule has 28 heavy (non-hydrogen) atoms. The molecule has 1 aromatic carbocycles. The van der Waals surface area contributed by atoms with Crippen LogP contribution in [0.5, 0.6) is 0 Å². The zero-order chi connectivity index (χ0) is 19.3. The van der Waals surface area contributed by atoms with Crippen LogP contribution in [0.3, 0.4) is 0 Å². The molecule has 5 atom stereocenters. The van der Waals surface area contributed by atoms with Crippen LogP contribution >= 0.6 is 0 Å². The second-order valence-electron chi connectivity index (χ2n) is 10.6. The largest absolute Gasteiger partial charge is 0.0654 e. The summed E-state index contributed by atoms with van der Waals surface area (Å²) >= 11 is 0. The minimum Gasteiger partial charge on any atom is -0.0654 e. The molecule has 0 spiro atoms. The zero-order valence-electron chi connectivity index (χ0n) is 18.7. The molecule has 0 N–H and O–H groups in total. The molecule has 4 rings (SSSR count). The SMILES string of the molecule is CCCCc1ccc2c(c1)CCC(C1CCC3CC(CCCC)CCC3C1)C2. The van der Waals surface area contributed by atoms with Gasteiger partial charge in [0.2, 0.25) is 0 Å². The van der Waals surface area contributed by atoms with E-state index in [0.717, 1.165) is 29.6 Å². The van der Waals surface area contributed by atoms with E-state index in [-0.39, 0.29) is 0 Å². The minimum absolute atomic E-state index is 0.979. The van der Waals surface area contributed by atoms with Gasteiger partial charge in [-0.3, -0.25) is 0 Å². The highest BCUT2D eigenvalue weighted by Gasteiger charge is 2.38. The van der Waals surface area contributed by atoms with Crippen LogP contribution in [-0.4, -0.2) is 0 Å². The van der Waals surface area contributed by atoms with E-state index in [0.29, 0.717) is 0 Å². The third kappa shape index (κ3) is 4.85. The van der Waals surface area contributed by atoms with Gasteiger partial charge in [-0.15, -0.1) is 0 Å².